The van der Waals surface area contributed by atoms with Crippen LogP contribution in [0.4, 0.5) is 0 Å². The van der Waals surface area contributed by atoms with Crippen molar-refractivity contribution in [2.24, 2.45) is 0 Å². The lowest BCUT2D eigenvalue weighted by atomic mass is 10.3. The molecule has 20 heavy (non-hydrogen) atoms. The van der Waals surface area contributed by atoms with E-state index >= 15 is 0 Å². The molecule has 0 fully saturated rings. The minimum Gasteiger partial charge on any atom is -0.484 e. The molecule has 106 valence electrons. The van der Waals surface area contributed by atoms with E-state index in [9.17, 15) is 4.79 Å². The van der Waals surface area contributed by atoms with Gasteiger partial charge in [-0.1, -0.05) is 30.0 Å². The SMILES string of the molecule is Cc1nc(SCCNC(=O)COc2ccccc2)n[nH]1. The van der Waals surface area contributed by atoms with Gasteiger partial charge in [0.2, 0.25) is 5.16 Å². The molecule has 7 heteroatoms. The van der Waals surface area contributed by atoms with Crippen LogP contribution in [0, 0.1) is 6.92 Å². The minimum atomic E-state index is -0.138. The number of thioether (sulfide) groups is 1. The number of hydrogen-bond donors (Lipinski definition) is 2. The van der Waals surface area contributed by atoms with Crippen LogP contribution in [0.2, 0.25) is 0 Å². The van der Waals surface area contributed by atoms with Crippen molar-refractivity contribution in [2.75, 3.05) is 18.9 Å². The molecule has 2 rings (SSSR count). The lowest BCUT2D eigenvalue weighted by Crippen LogP contribution is -2.30. The van der Waals surface area contributed by atoms with Crippen LogP contribution in [0.5, 0.6) is 5.75 Å². The number of rotatable bonds is 7. The van der Waals surface area contributed by atoms with Crippen LogP contribution in [0.1, 0.15) is 5.82 Å². The summed E-state index contributed by atoms with van der Waals surface area (Å²) in [5, 5.41) is 10.2. The molecule has 1 amide bonds. The maximum Gasteiger partial charge on any atom is 0.257 e. The molecule has 0 spiro atoms. The zero-order chi connectivity index (χ0) is 14.2. The summed E-state index contributed by atoms with van der Waals surface area (Å²) in [6, 6.07) is 9.25. The van der Waals surface area contributed by atoms with E-state index < -0.39 is 0 Å². The second-order valence-corrected chi connectivity index (χ2v) is 5.07. The van der Waals surface area contributed by atoms with Crippen molar-refractivity contribution in [3.63, 3.8) is 0 Å². The van der Waals surface area contributed by atoms with Gasteiger partial charge in [0.05, 0.1) is 0 Å². The number of aryl methyl sites for hydroxylation is 1. The van der Waals surface area contributed by atoms with Gasteiger partial charge in [0, 0.05) is 12.3 Å². The van der Waals surface area contributed by atoms with Gasteiger partial charge in [-0.25, -0.2) is 4.98 Å². The number of para-hydroxylation sites is 1. The number of hydrogen-bond acceptors (Lipinski definition) is 5. The van der Waals surface area contributed by atoms with Crippen molar-refractivity contribution in [2.45, 2.75) is 12.1 Å². The number of aromatic amines is 1. The maximum absolute atomic E-state index is 11.5. The quantitative estimate of drug-likeness (QED) is 0.595. The molecule has 0 aliphatic carbocycles. The van der Waals surface area contributed by atoms with Crippen molar-refractivity contribution in [3.05, 3.63) is 36.2 Å². The first-order chi connectivity index (χ1) is 9.74. The number of benzene rings is 1. The number of nitrogens with zero attached hydrogens (tertiary/aromatic N) is 2. The summed E-state index contributed by atoms with van der Waals surface area (Å²) >= 11 is 1.49. The molecule has 2 N–H and O–H groups in total. The van der Waals surface area contributed by atoms with Crippen LogP contribution in [-0.4, -0.2) is 40.0 Å². The third-order valence-corrected chi connectivity index (χ3v) is 3.19. The molecule has 1 aromatic heterocycles. The summed E-state index contributed by atoms with van der Waals surface area (Å²) in [5.41, 5.74) is 0. The average molecular weight is 292 g/mol. The molecule has 0 unspecified atom stereocenters. The monoisotopic (exact) mass is 292 g/mol. The fourth-order valence-corrected chi connectivity index (χ4v) is 2.13. The van der Waals surface area contributed by atoms with Crippen molar-refractivity contribution in [3.8, 4) is 5.75 Å². The first-order valence-corrected chi connectivity index (χ1v) is 7.19. The van der Waals surface area contributed by atoms with Gasteiger partial charge in [0.1, 0.15) is 11.6 Å². The van der Waals surface area contributed by atoms with Gasteiger partial charge in [-0.15, -0.1) is 5.10 Å². The van der Waals surface area contributed by atoms with Gasteiger partial charge in [-0.3, -0.25) is 9.89 Å². The normalized spacial score (nSPS) is 10.2. The van der Waals surface area contributed by atoms with Crippen molar-refractivity contribution in [1.82, 2.24) is 20.5 Å². The summed E-state index contributed by atoms with van der Waals surface area (Å²) in [6.07, 6.45) is 0. The Kier molecular flexibility index (Phi) is 5.43. The maximum atomic E-state index is 11.5. The fourth-order valence-electron chi connectivity index (χ4n) is 1.44. The van der Waals surface area contributed by atoms with Gasteiger partial charge in [-0.2, -0.15) is 0 Å². The van der Waals surface area contributed by atoms with E-state index in [-0.39, 0.29) is 12.5 Å². The van der Waals surface area contributed by atoms with Crippen molar-refractivity contribution < 1.29 is 9.53 Å². The number of ether oxygens (including phenoxy) is 1. The first kappa shape index (κ1) is 14.4. The Morgan fingerprint density at radius 1 is 1.40 bits per heavy atom. The molecule has 0 radical (unpaired) electrons. The van der Waals surface area contributed by atoms with E-state index in [2.05, 4.69) is 20.5 Å². The second-order valence-electron chi connectivity index (χ2n) is 4.00. The molecule has 0 saturated heterocycles. The molecule has 0 saturated carbocycles. The van der Waals surface area contributed by atoms with E-state index in [4.69, 9.17) is 4.74 Å². The third-order valence-electron chi connectivity index (χ3n) is 2.35. The number of nitrogens with one attached hydrogen (secondary N) is 2. The van der Waals surface area contributed by atoms with Crippen LogP contribution >= 0.6 is 11.8 Å². The van der Waals surface area contributed by atoms with Gasteiger partial charge in [0.15, 0.2) is 6.61 Å². The van der Waals surface area contributed by atoms with Crippen LogP contribution in [0.25, 0.3) is 0 Å². The molecule has 2 aromatic rings. The molecule has 1 heterocycles. The second kappa shape index (κ2) is 7.54. The van der Waals surface area contributed by atoms with Gasteiger partial charge < -0.3 is 10.1 Å². The standard InChI is InChI=1S/C13H16N4O2S/c1-10-15-13(17-16-10)20-8-7-14-12(18)9-19-11-5-3-2-4-6-11/h2-6H,7-9H2,1H3,(H,14,18)(H,15,16,17). The Bertz CT molecular complexity index is 544. The number of carbonyl (C=O) groups excluding carboxylic acids is 1. The summed E-state index contributed by atoms with van der Waals surface area (Å²) in [7, 11) is 0. The summed E-state index contributed by atoms with van der Waals surface area (Å²) in [4.78, 5) is 15.7. The minimum absolute atomic E-state index is 0.0223. The highest BCUT2D eigenvalue weighted by Gasteiger charge is 2.03. The Labute approximate surface area is 121 Å². The Hall–Kier alpha value is -2.02. The number of amides is 1. The number of aromatic nitrogens is 3. The van der Waals surface area contributed by atoms with Crippen LogP contribution in [0.3, 0.4) is 0 Å². The zero-order valence-electron chi connectivity index (χ0n) is 11.1. The molecule has 0 bridgehead atoms. The van der Waals surface area contributed by atoms with Gasteiger partial charge in [0.25, 0.3) is 5.91 Å². The summed E-state index contributed by atoms with van der Waals surface area (Å²) in [6.45, 7) is 2.42. The van der Waals surface area contributed by atoms with E-state index in [0.717, 1.165) is 5.82 Å². The molecule has 0 aliphatic heterocycles. The van der Waals surface area contributed by atoms with Crippen molar-refractivity contribution >= 4 is 17.7 Å². The fraction of sp³-hybridized carbons (Fsp3) is 0.308. The van der Waals surface area contributed by atoms with Crippen LogP contribution < -0.4 is 10.1 Å². The molecular formula is C13H16N4O2S. The summed E-state index contributed by atoms with van der Waals surface area (Å²) in [5.74, 6) is 2.05. The van der Waals surface area contributed by atoms with Gasteiger partial charge >= 0.3 is 0 Å². The van der Waals surface area contributed by atoms with Crippen LogP contribution in [0.15, 0.2) is 35.5 Å². The van der Waals surface area contributed by atoms with E-state index in [1.807, 2.05) is 37.3 Å². The van der Waals surface area contributed by atoms with Crippen LogP contribution in [-0.2, 0) is 4.79 Å². The lowest BCUT2D eigenvalue weighted by molar-refractivity contribution is -0.122. The zero-order valence-corrected chi connectivity index (χ0v) is 11.9. The average Bonchev–Trinajstić information content (AvgIpc) is 2.88. The highest BCUT2D eigenvalue weighted by Crippen LogP contribution is 2.10. The smallest absolute Gasteiger partial charge is 0.257 e. The largest absolute Gasteiger partial charge is 0.484 e. The Morgan fingerprint density at radius 2 is 2.20 bits per heavy atom. The summed E-state index contributed by atoms with van der Waals surface area (Å²) < 4.78 is 5.34. The van der Waals surface area contributed by atoms with E-state index in [1.165, 1.54) is 11.8 Å². The predicted molar refractivity (Wildman–Crippen MR) is 76.8 cm³/mol. The van der Waals surface area contributed by atoms with Gasteiger partial charge in [-0.05, 0) is 19.1 Å². The topological polar surface area (TPSA) is 79.9 Å². The van der Waals surface area contributed by atoms with E-state index in [1.54, 1.807) is 0 Å². The molecule has 1 aromatic carbocycles. The molecule has 0 aliphatic rings. The number of H-pyrrole nitrogens is 1. The van der Waals surface area contributed by atoms with Crippen molar-refractivity contribution in [1.29, 1.82) is 0 Å². The third kappa shape index (κ3) is 4.93. The lowest BCUT2D eigenvalue weighted by Gasteiger charge is -2.06. The molecule has 6 nitrogen and oxygen atoms in total. The predicted octanol–water partition coefficient (Wildman–Crippen LogP) is 1.40. The molecule has 0 atom stereocenters. The Balaban J connectivity index is 1.58. The van der Waals surface area contributed by atoms with E-state index in [0.29, 0.717) is 23.2 Å². The highest BCUT2D eigenvalue weighted by atomic mass is 32.2. The highest BCUT2D eigenvalue weighted by molar-refractivity contribution is 7.99. The molecular weight excluding hydrogens is 276 g/mol. The number of carbonyl (C=O) groups is 1. The first-order valence-electron chi connectivity index (χ1n) is 6.20. The Morgan fingerprint density at radius 3 is 2.90 bits per heavy atom.